The summed E-state index contributed by atoms with van der Waals surface area (Å²) in [6.07, 6.45) is 5.25. The van der Waals surface area contributed by atoms with Crippen molar-refractivity contribution in [1.29, 1.82) is 0 Å². The number of hydrogen-bond donors (Lipinski definition) is 1. The molecule has 0 aliphatic rings. The molecule has 3 aromatic rings. The first-order valence-corrected chi connectivity index (χ1v) is 12.7. The first-order valence-electron chi connectivity index (χ1n) is 11.1. The normalized spacial score (nSPS) is 11.7. The van der Waals surface area contributed by atoms with Gasteiger partial charge in [0.25, 0.3) is 6.01 Å². The van der Waals surface area contributed by atoms with E-state index in [0.29, 0.717) is 18.9 Å². The van der Waals surface area contributed by atoms with Gasteiger partial charge in [0.1, 0.15) is 5.52 Å². The second kappa shape index (κ2) is 11.1. The minimum atomic E-state index is -3.65. The van der Waals surface area contributed by atoms with Gasteiger partial charge in [0.2, 0.25) is 0 Å². The minimum absolute atomic E-state index is 0.0734. The van der Waals surface area contributed by atoms with Crippen LogP contribution in [0.4, 0.5) is 6.01 Å². The molecule has 0 aliphatic heterocycles. The number of unbranched alkanes of at least 4 members (excludes halogenated alkanes) is 4. The van der Waals surface area contributed by atoms with Crippen molar-refractivity contribution in [2.24, 2.45) is 0 Å². The third-order valence-electron chi connectivity index (χ3n) is 5.38. The van der Waals surface area contributed by atoms with Gasteiger partial charge in [-0.25, -0.2) is 13.2 Å². The molecule has 0 saturated carbocycles. The lowest BCUT2D eigenvalue weighted by molar-refractivity contribution is 0.0692. The van der Waals surface area contributed by atoms with Crippen LogP contribution in [0.1, 0.15) is 55.8 Å². The molecule has 0 saturated heterocycles. The number of benzene rings is 2. The maximum Gasteiger partial charge on any atom is 0.337 e. The molecule has 8 heteroatoms. The zero-order valence-corrected chi connectivity index (χ0v) is 19.2. The molecule has 172 valence electrons. The van der Waals surface area contributed by atoms with Crippen LogP contribution in [0.5, 0.6) is 0 Å². The molecule has 1 heterocycles. The number of aromatic carboxylic acids is 1. The maximum absolute atomic E-state index is 12.7. The number of carbonyl (C=O) groups is 1. The van der Waals surface area contributed by atoms with Crippen molar-refractivity contribution in [3.05, 3.63) is 54.1 Å². The molecule has 1 N–H and O–H groups in total. The second-order valence-electron chi connectivity index (χ2n) is 7.84. The summed E-state index contributed by atoms with van der Waals surface area (Å²) < 4.78 is 31.2. The first-order chi connectivity index (χ1) is 15.4. The third kappa shape index (κ3) is 6.09. The largest absolute Gasteiger partial charge is 0.478 e. The van der Waals surface area contributed by atoms with Crippen molar-refractivity contribution >= 4 is 32.9 Å². The fraction of sp³-hybridized carbons (Fsp3) is 0.417. The zero-order chi connectivity index (χ0) is 23.0. The van der Waals surface area contributed by atoms with Crippen LogP contribution >= 0.6 is 0 Å². The number of aromatic nitrogens is 1. The van der Waals surface area contributed by atoms with E-state index in [-0.39, 0.29) is 16.2 Å². The zero-order valence-electron chi connectivity index (χ0n) is 18.4. The number of anilines is 1. The maximum atomic E-state index is 12.7. The van der Waals surface area contributed by atoms with E-state index >= 15 is 0 Å². The number of fused-ring (bicyclic) bond motifs is 1. The topological polar surface area (TPSA) is 101 Å². The smallest absolute Gasteiger partial charge is 0.337 e. The molecule has 0 unspecified atom stereocenters. The van der Waals surface area contributed by atoms with Gasteiger partial charge in [0.05, 0.1) is 16.2 Å². The highest BCUT2D eigenvalue weighted by atomic mass is 32.2. The van der Waals surface area contributed by atoms with Gasteiger partial charge >= 0.3 is 5.97 Å². The summed E-state index contributed by atoms with van der Waals surface area (Å²) in [6, 6.07) is 14.0. The predicted octanol–water partition coefficient (Wildman–Crippen LogP) is 5.17. The summed E-state index contributed by atoms with van der Waals surface area (Å²) in [6.45, 7) is 3.72. The first kappa shape index (κ1) is 23.8. The second-order valence-corrected chi connectivity index (χ2v) is 9.92. The quantitative estimate of drug-likeness (QED) is 0.353. The van der Waals surface area contributed by atoms with Crippen molar-refractivity contribution in [2.75, 3.05) is 23.7 Å². The Morgan fingerprint density at radius 2 is 1.66 bits per heavy atom. The van der Waals surface area contributed by atoms with Crippen LogP contribution in [0, 0.1) is 0 Å². The average molecular weight is 459 g/mol. The number of para-hydroxylation sites is 2. The summed E-state index contributed by atoms with van der Waals surface area (Å²) in [5, 5.41) is 9.26. The van der Waals surface area contributed by atoms with Crippen LogP contribution in [0.25, 0.3) is 11.1 Å². The standard InChI is InChI=1S/C24H30N2O5S/c1-2-3-9-16-26(24-25-20-13-6-7-14-21(20)31-24)17-10-4-11-18-32(29,30)22-15-8-5-12-19(22)23(27)28/h5-8,12-15H,2-4,9-11,16-18H2,1H3,(H,27,28). The Labute approximate surface area is 189 Å². The molecule has 0 fully saturated rings. The number of rotatable bonds is 13. The summed E-state index contributed by atoms with van der Waals surface area (Å²) in [4.78, 5) is 18.0. The minimum Gasteiger partial charge on any atom is -0.478 e. The Hall–Kier alpha value is -2.87. The van der Waals surface area contributed by atoms with Crippen LogP contribution in [-0.2, 0) is 9.84 Å². The van der Waals surface area contributed by atoms with Gasteiger partial charge in [-0.3, -0.25) is 0 Å². The molecule has 2 aromatic carbocycles. The Bertz CT molecular complexity index is 1110. The van der Waals surface area contributed by atoms with Crippen LogP contribution in [0.3, 0.4) is 0 Å². The van der Waals surface area contributed by atoms with Crippen molar-refractivity contribution in [3.8, 4) is 0 Å². The Morgan fingerprint density at radius 1 is 0.969 bits per heavy atom. The third-order valence-corrected chi connectivity index (χ3v) is 7.23. The Morgan fingerprint density at radius 3 is 2.38 bits per heavy atom. The van der Waals surface area contributed by atoms with E-state index in [1.54, 1.807) is 6.07 Å². The fourth-order valence-corrected chi connectivity index (χ4v) is 5.23. The average Bonchev–Trinajstić information content (AvgIpc) is 3.22. The molecule has 0 radical (unpaired) electrons. The highest BCUT2D eigenvalue weighted by Crippen LogP contribution is 2.23. The fourth-order valence-electron chi connectivity index (χ4n) is 3.65. The van der Waals surface area contributed by atoms with Gasteiger partial charge in [-0.1, -0.05) is 50.5 Å². The van der Waals surface area contributed by atoms with Gasteiger partial charge in [-0.2, -0.15) is 4.98 Å². The number of oxazole rings is 1. The molecular weight excluding hydrogens is 428 g/mol. The highest BCUT2D eigenvalue weighted by molar-refractivity contribution is 7.91. The SMILES string of the molecule is CCCCCN(CCCCCS(=O)(=O)c1ccccc1C(=O)O)c1nc2ccccc2o1. The van der Waals surface area contributed by atoms with Gasteiger partial charge in [0.15, 0.2) is 15.4 Å². The number of sulfone groups is 1. The van der Waals surface area contributed by atoms with Crippen molar-refractivity contribution < 1.29 is 22.7 Å². The molecule has 0 atom stereocenters. The summed E-state index contributed by atoms with van der Waals surface area (Å²) in [5.74, 6) is -1.30. The molecule has 32 heavy (non-hydrogen) atoms. The molecule has 7 nitrogen and oxygen atoms in total. The molecule has 0 aliphatic carbocycles. The van der Waals surface area contributed by atoms with E-state index in [1.807, 2.05) is 24.3 Å². The lowest BCUT2D eigenvalue weighted by atomic mass is 10.2. The lowest BCUT2D eigenvalue weighted by Gasteiger charge is -2.20. The van der Waals surface area contributed by atoms with Gasteiger partial charge in [-0.15, -0.1) is 0 Å². The Kier molecular flexibility index (Phi) is 8.27. The lowest BCUT2D eigenvalue weighted by Crippen LogP contribution is -2.26. The molecule has 0 bridgehead atoms. The highest BCUT2D eigenvalue weighted by Gasteiger charge is 2.21. The van der Waals surface area contributed by atoms with Crippen molar-refractivity contribution in [1.82, 2.24) is 4.98 Å². The van der Waals surface area contributed by atoms with Gasteiger partial charge in [-0.05, 0) is 43.5 Å². The molecule has 0 spiro atoms. The molecule has 1 aromatic heterocycles. The van der Waals surface area contributed by atoms with E-state index in [9.17, 15) is 18.3 Å². The van der Waals surface area contributed by atoms with E-state index in [0.717, 1.165) is 49.9 Å². The Balaban J connectivity index is 1.57. The van der Waals surface area contributed by atoms with Gasteiger partial charge < -0.3 is 14.4 Å². The van der Waals surface area contributed by atoms with Crippen molar-refractivity contribution in [3.63, 3.8) is 0 Å². The molecular formula is C24H30N2O5S. The van der Waals surface area contributed by atoms with Crippen molar-refractivity contribution in [2.45, 2.75) is 50.3 Å². The summed E-state index contributed by atoms with van der Waals surface area (Å²) in [7, 11) is -3.65. The number of carboxylic acids is 1. The summed E-state index contributed by atoms with van der Waals surface area (Å²) >= 11 is 0. The van der Waals surface area contributed by atoms with Crippen LogP contribution < -0.4 is 4.90 Å². The van der Waals surface area contributed by atoms with Crippen LogP contribution in [-0.4, -0.2) is 43.3 Å². The van der Waals surface area contributed by atoms with E-state index in [2.05, 4.69) is 16.8 Å². The summed E-state index contributed by atoms with van der Waals surface area (Å²) in [5.41, 5.74) is 1.41. The number of hydrogen-bond acceptors (Lipinski definition) is 6. The predicted molar refractivity (Wildman–Crippen MR) is 125 cm³/mol. The number of nitrogens with zero attached hydrogens (tertiary/aromatic N) is 2. The van der Waals surface area contributed by atoms with E-state index in [1.165, 1.54) is 18.2 Å². The van der Waals surface area contributed by atoms with Crippen LogP contribution in [0.15, 0.2) is 57.8 Å². The van der Waals surface area contributed by atoms with Gasteiger partial charge in [0, 0.05) is 13.1 Å². The van der Waals surface area contributed by atoms with E-state index in [4.69, 9.17) is 4.42 Å². The van der Waals surface area contributed by atoms with Crippen LogP contribution in [0.2, 0.25) is 0 Å². The van der Waals surface area contributed by atoms with E-state index < -0.39 is 15.8 Å². The number of carboxylic acid groups (broad SMARTS) is 1. The molecule has 3 rings (SSSR count). The monoisotopic (exact) mass is 458 g/mol. The molecule has 0 amide bonds.